The van der Waals surface area contributed by atoms with Crippen LogP contribution >= 0.6 is 0 Å². The predicted molar refractivity (Wildman–Crippen MR) is 163 cm³/mol. The van der Waals surface area contributed by atoms with Crippen molar-refractivity contribution >= 4 is 0 Å². The summed E-state index contributed by atoms with van der Waals surface area (Å²) in [6.45, 7) is 3.71. The Kier molecular flexibility index (Phi) is 9.76. The van der Waals surface area contributed by atoms with Gasteiger partial charge in [0.1, 0.15) is 48.1 Å². The maximum absolute atomic E-state index is 10.8. The van der Waals surface area contributed by atoms with Gasteiger partial charge < -0.3 is 59.8 Å². The summed E-state index contributed by atoms with van der Waals surface area (Å²) in [4.78, 5) is 0. The number of nitrogens with two attached hydrogens (primary N) is 1. The Bertz CT molecular complexity index is 1420. The average molecular weight is 644 g/mol. The van der Waals surface area contributed by atoms with E-state index in [2.05, 4.69) is 0 Å². The average Bonchev–Trinajstić information content (AvgIpc) is 3.03. The highest BCUT2D eigenvalue weighted by Crippen LogP contribution is 2.36. The summed E-state index contributed by atoms with van der Waals surface area (Å²) < 4.78 is 22.7. The first-order chi connectivity index (χ1) is 21.7. The SMILES string of the molecule is Cc1cc(-c2cccc(-c3ccc(O[C@H]4O[C@H](CO)[C@@H](O)[C@H](O)[C@]4(N)O)c(C)c3)c2)ccc1O[C@H]1O[C@H](CO)[C@@H](O)[C@H](O)[C@]1(C)O. The summed E-state index contributed by atoms with van der Waals surface area (Å²) in [7, 11) is 0. The van der Waals surface area contributed by atoms with E-state index in [0.29, 0.717) is 22.6 Å². The normalized spacial score (nSPS) is 34.7. The highest BCUT2D eigenvalue weighted by molar-refractivity contribution is 5.74. The van der Waals surface area contributed by atoms with Crippen molar-refractivity contribution in [3.63, 3.8) is 0 Å². The Morgan fingerprint density at radius 3 is 1.59 bits per heavy atom. The van der Waals surface area contributed by atoms with Crippen LogP contribution in [-0.4, -0.2) is 115 Å². The number of aliphatic hydroxyl groups is 8. The van der Waals surface area contributed by atoms with Crippen molar-refractivity contribution in [1.29, 1.82) is 0 Å². The number of aliphatic hydroxyl groups excluding tert-OH is 6. The zero-order valence-electron chi connectivity index (χ0n) is 25.6. The van der Waals surface area contributed by atoms with Crippen LogP contribution in [0.3, 0.4) is 0 Å². The number of hydrogen-bond acceptors (Lipinski definition) is 13. The fourth-order valence-electron chi connectivity index (χ4n) is 5.63. The molecule has 2 saturated heterocycles. The van der Waals surface area contributed by atoms with Gasteiger partial charge in [-0.25, -0.2) is 0 Å². The summed E-state index contributed by atoms with van der Waals surface area (Å²) in [5.74, 6) is 0.698. The minimum absolute atomic E-state index is 0.313. The maximum Gasteiger partial charge on any atom is 0.245 e. The lowest BCUT2D eigenvalue weighted by Gasteiger charge is -2.45. The molecule has 2 fully saturated rings. The zero-order valence-corrected chi connectivity index (χ0v) is 25.6. The van der Waals surface area contributed by atoms with Gasteiger partial charge in [-0.15, -0.1) is 0 Å². The van der Waals surface area contributed by atoms with E-state index in [1.54, 1.807) is 25.1 Å². The van der Waals surface area contributed by atoms with Crippen LogP contribution in [-0.2, 0) is 9.47 Å². The second kappa shape index (κ2) is 13.1. The Balaban J connectivity index is 1.33. The summed E-state index contributed by atoms with van der Waals surface area (Å²) in [5, 5.41) is 81.2. The monoisotopic (exact) mass is 643 g/mol. The van der Waals surface area contributed by atoms with Gasteiger partial charge in [0.2, 0.25) is 18.3 Å². The first-order valence-electron chi connectivity index (χ1n) is 14.8. The molecule has 3 aromatic carbocycles. The van der Waals surface area contributed by atoms with Crippen LogP contribution < -0.4 is 15.2 Å². The molecule has 0 radical (unpaired) electrons. The van der Waals surface area contributed by atoms with E-state index >= 15 is 0 Å². The van der Waals surface area contributed by atoms with E-state index in [4.69, 9.17) is 24.7 Å². The molecule has 0 saturated carbocycles. The van der Waals surface area contributed by atoms with E-state index in [0.717, 1.165) is 22.3 Å². The van der Waals surface area contributed by atoms with E-state index in [9.17, 15) is 40.9 Å². The van der Waals surface area contributed by atoms with Gasteiger partial charge in [-0.1, -0.05) is 30.3 Å². The van der Waals surface area contributed by atoms with E-state index in [-0.39, 0.29) is 0 Å². The Morgan fingerprint density at radius 2 is 1.11 bits per heavy atom. The molecule has 2 aliphatic rings. The lowest BCUT2D eigenvalue weighted by Crippen LogP contribution is -2.72. The molecule has 0 spiro atoms. The van der Waals surface area contributed by atoms with Gasteiger partial charge in [0.15, 0.2) is 5.60 Å². The fraction of sp³-hybridized carbons (Fsp3) is 0.455. The summed E-state index contributed by atoms with van der Waals surface area (Å²) in [5.41, 5.74) is 6.35. The molecule has 0 bridgehead atoms. The molecule has 46 heavy (non-hydrogen) atoms. The molecule has 13 heteroatoms. The van der Waals surface area contributed by atoms with Gasteiger partial charge in [-0.2, -0.15) is 0 Å². The topological polar surface area (TPSA) is 225 Å². The largest absolute Gasteiger partial charge is 0.461 e. The predicted octanol–water partition coefficient (Wildman–Crippen LogP) is -0.329. The summed E-state index contributed by atoms with van der Waals surface area (Å²) in [6, 6.07) is 18.6. The molecule has 0 aliphatic carbocycles. The van der Waals surface area contributed by atoms with Gasteiger partial charge >= 0.3 is 0 Å². The molecule has 250 valence electrons. The molecule has 0 unspecified atom stereocenters. The van der Waals surface area contributed by atoms with Crippen molar-refractivity contribution in [3.05, 3.63) is 71.8 Å². The van der Waals surface area contributed by atoms with Crippen molar-refractivity contribution in [2.24, 2.45) is 5.73 Å². The van der Waals surface area contributed by atoms with Gasteiger partial charge in [0.25, 0.3) is 0 Å². The van der Waals surface area contributed by atoms with E-state index in [1.807, 2.05) is 49.4 Å². The lowest BCUT2D eigenvalue weighted by molar-refractivity contribution is -0.319. The zero-order chi connectivity index (χ0) is 33.6. The molecule has 13 nitrogen and oxygen atoms in total. The number of hydrogen-bond donors (Lipinski definition) is 9. The number of aryl methyl sites for hydroxylation is 2. The number of ether oxygens (including phenoxy) is 4. The van der Waals surface area contributed by atoms with Crippen LogP contribution in [0.2, 0.25) is 0 Å². The molecule has 10 N–H and O–H groups in total. The highest BCUT2D eigenvalue weighted by atomic mass is 16.7. The second-order valence-electron chi connectivity index (χ2n) is 12.1. The van der Waals surface area contributed by atoms with Crippen LogP contribution in [0.4, 0.5) is 0 Å². The molecule has 0 amide bonds. The van der Waals surface area contributed by atoms with Gasteiger partial charge in [0.05, 0.1) is 13.2 Å². The minimum atomic E-state index is -2.43. The van der Waals surface area contributed by atoms with Crippen molar-refractivity contribution in [2.45, 2.75) is 81.3 Å². The number of rotatable bonds is 8. The highest BCUT2D eigenvalue weighted by Gasteiger charge is 2.55. The molecule has 3 aromatic rings. The minimum Gasteiger partial charge on any atom is -0.461 e. The lowest BCUT2D eigenvalue weighted by atomic mass is 9.88. The van der Waals surface area contributed by atoms with Crippen molar-refractivity contribution in [3.8, 4) is 33.8 Å². The summed E-state index contributed by atoms with van der Waals surface area (Å²) >= 11 is 0. The maximum atomic E-state index is 10.8. The Hall–Kier alpha value is -3.18. The Morgan fingerprint density at radius 1 is 0.674 bits per heavy atom. The Labute approximate surface area is 265 Å². The second-order valence-corrected chi connectivity index (χ2v) is 12.1. The van der Waals surface area contributed by atoms with Crippen LogP contribution in [0, 0.1) is 13.8 Å². The van der Waals surface area contributed by atoms with Crippen molar-refractivity contribution in [2.75, 3.05) is 13.2 Å². The quantitative estimate of drug-likeness (QED) is 0.144. The molecule has 2 aliphatic heterocycles. The molecule has 10 atom stereocenters. The van der Waals surface area contributed by atoms with Gasteiger partial charge in [0, 0.05) is 0 Å². The standard InChI is InChI=1S/C33H41NO12/c1-16-11-20(7-9-22(16)43-30-32(3,41)28(39)26(37)24(14-35)45-30)18-5-4-6-19(13-18)21-8-10-23(17(2)12-21)44-31-33(34,42)29(40)27(38)25(15-36)46-31/h4-13,24-31,35-42H,14-15,34H2,1-3H3/t24-,25-,26-,27-,28+,29+,30+,31+,32+,33+/m1/s1. The molecular weight excluding hydrogens is 602 g/mol. The third kappa shape index (κ3) is 6.37. The smallest absolute Gasteiger partial charge is 0.245 e. The van der Waals surface area contributed by atoms with E-state index < -0.39 is 73.7 Å². The van der Waals surface area contributed by atoms with Crippen LogP contribution in [0.15, 0.2) is 60.7 Å². The van der Waals surface area contributed by atoms with Crippen molar-refractivity contribution in [1.82, 2.24) is 0 Å². The number of benzene rings is 3. The van der Waals surface area contributed by atoms with Crippen LogP contribution in [0.1, 0.15) is 18.1 Å². The first-order valence-corrected chi connectivity index (χ1v) is 14.8. The fourth-order valence-corrected chi connectivity index (χ4v) is 5.63. The van der Waals surface area contributed by atoms with Gasteiger partial charge in [-0.3, -0.25) is 5.73 Å². The third-order valence-corrected chi connectivity index (χ3v) is 8.64. The molecular formula is C33H41NO12. The first kappa shape index (κ1) is 34.2. The van der Waals surface area contributed by atoms with E-state index in [1.165, 1.54) is 6.92 Å². The molecule has 2 heterocycles. The van der Waals surface area contributed by atoms with Crippen LogP contribution in [0.25, 0.3) is 22.3 Å². The third-order valence-electron chi connectivity index (χ3n) is 8.64. The van der Waals surface area contributed by atoms with Crippen LogP contribution in [0.5, 0.6) is 11.5 Å². The summed E-state index contributed by atoms with van der Waals surface area (Å²) in [6.07, 6.45) is -11.7. The molecule has 5 rings (SSSR count). The molecule has 0 aromatic heterocycles. The van der Waals surface area contributed by atoms with Crippen molar-refractivity contribution < 1.29 is 59.8 Å². The van der Waals surface area contributed by atoms with Gasteiger partial charge in [-0.05, 0) is 84.5 Å².